The first-order chi connectivity index (χ1) is 13.6. The molecule has 28 heavy (non-hydrogen) atoms. The summed E-state index contributed by atoms with van der Waals surface area (Å²) in [6, 6.07) is 11.8. The van der Waals surface area contributed by atoms with Crippen molar-refractivity contribution in [1.29, 1.82) is 0 Å². The van der Waals surface area contributed by atoms with Gasteiger partial charge in [0.15, 0.2) is 5.96 Å². The summed E-state index contributed by atoms with van der Waals surface area (Å²) in [5.74, 6) is 2.46. The molecule has 0 bridgehead atoms. The highest BCUT2D eigenvalue weighted by molar-refractivity contribution is 5.93. The fourth-order valence-electron chi connectivity index (χ4n) is 2.62. The van der Waals surface area contributed by atoms with Gasteiger partial charge in [0.1, 0.15) is 11.6 Å². The lowest BCUT2D eigenvalue weighted by molar-refractivity contribution is 0.172. The minimum atomic E-state index is 0.532. The predicted octanol–water partition coefficient (Wildman–Crippen LogP) is 3.14. The Morgan fingerprint density at radius 2 is 2.04 bits per heavy atom. The fraction of sp³-hybridized carbons (Fsp3) is 0.429. The summed E-state index contributed by atoms with van der Waals surface area (Å²) >= 11 is 0. The minimum absolute atomic E-state index is 0.532. The second-order valence-electron chi connectivity index (χ2n) is 6.42. The van der Waals surface area contributed by atoms with Crippen molar-refractivity contribution in [3.8, 4) is 5.75 Å². The van der Waals surface area contributed by atoms with E-state index in [4.69, 9.17) is 14.5 Å². The van der Waals surface area contributed by atoms with Gasteiger partial charge in [-0.2, -0.15) is 0 Å². The van der Waals surface area contributed by atoms with E-state index < -0.39 is 0 Å². The average molecular weight is 386 g/mol. The van der Waals surface area contributed by atoms with Gasteiger partial charge in [-0.05, 0) is 25.1 Å². The number of aliphatic imine (C=N–C) groups is 1. The third-order valence-corrected chi connectivity index (χ3v) is 3.90. The maximum Gasteiger partial charge on any atom is 0.196 e. The zero-order valence-electron chi connectivity index (χ0n) is 17.2. The lowest BCUT2D eigenvalue weighted by atomic mass is 10.2. The summed E-state index contributed by atoms with van der Waals surface area (Å²) in [7, 11) is 5.66. The zero-order valence-corrected chi connectivity index (χ0v) is 17.2. The summed E-state index contributed by atoms with van der Waals surface area (Å²) in [6.45, 7) is 4.66. The summed E-state index contributed by atoms with van der Waals surface area (Å²) < 4.78 is 10.8. The number of guanidine groups is 1. The van der Waals surface area contributed by atoms with Crippen LogP contribution in [-0.4, -0.2) is 51.9 Å². The van der Waals surface area contributed by atoms with E-state index in [9.17, 15) is 0 Å². The number of ether oxygens (including phenoxy) is 2. The molecule has 1 heterocycles. The van der Waals surface area contributed by atoms with Crippen LogP contribution in [0.5, 0.6) is 5.75 Å². The van der Waals surface area contributed by atoms with Gasteiger partial charge in [0.25, 0.3) is 0 Å². The average Bonchev–Trinajstić information content (AvgIpc) is 2.70. The Balaban J connectivity index is 2.05. The number of benzene rings is 1. The topological polar surface area (TPSA) is 71.0 Å². The van der Waals surface area contributed by atoms with E-state index in [1.807, 2.05) is 62.3 Å². The van der Waals surface area contributed by atoms with E-state index in [-0.39, 0.29) is 0 Å². The number of methoxy groups -OCH3 is 1. The van der Waals surface area contributed by atoms with Gasteiger partial charge in [-0.15, -0.1) is 0 Å². The van der Waals surface area contributed by atoms with Gasteiger partial charge in [0.05, 0.1) is 13.2 Å². The van der Waals surface area contributed by atoms with Crippen molar-refractivity contribution in [2.75, 3.05) is 51.2 Å². The van der Waals surface area contributed by atoms with E-state index >= 15 is 0 Å². The molecular weight excluding hydrogens is 354 g/mol. The maximum atomic E-state index is 5.77. The molecule has 0 saturated heterocycles. The normalized spacial score (nSPS) is 11.2. The van der Waals surface area contributed by atoms with Crippen LogP contribution in [0.2, 0.25) is 0 Å². The number of pyridine rings is 1. The molecule has 0 amide bonds. The predicted molar refractivity (Wildman–Crippen MR) is 115 cm³/mol. The molecule has 0 atom stereocenters. The highest BCUT2D eigenvalue weighted by atomic mass is 16.5. The van der Waals surface area contributed by atoms with E-state index in [2.05, 4.69) is 15.6 Å². The third-order valence-electron chi connectivity index (χ3n) is 3.90. The van der Waals surface area contributed by atoms with Crippen molar-refractivity contribution in [1.82, 2.24) is 10.3 Å². The van der Waals surface area contributed by atoms with E-state index in [0.29, 0.717) is 25.7 Å². The Bertz CT molecular complexity index is 749. The largest absolute Gasteiger partial charge is 0.493 e. The number of nitrogens with one attached hydrogen (secondary N) is 2. The molecule has 0 aliphatic rings. The number of nitrogens with zero attached hydrogens (tertiary/aromatic N) is 3. The van der Waals surface area contributed by atoms with Crippen LogP contribution in [-0.2, 0) is 11.3 Å². The third kappa shape index (κ3) is 7.08. The van der Waals surface area contributed by atoms with Crippen molar-refractivity contribution in [2.45, 2.75) is 19.9 Å². The molecule has 2 N–H and O–H groups in total. The van der Waals surface area contributed by atoms with E-state index in [0.717, 1.165) is 35.8 Å². The molecular formula is C21H31N5O2. The molecule has 0 radical (unpaired) electrons. The molecule has 1 aromatic heterocycles. The minimum Gasteiger partial charge on any atom is -0.493 e. The highest BCUT2D eigenvalue weighted by Gasteiger charge is 2.06. The van der Waals surface area contributed by atoms with Gasteiger partial charge in [-0.1, -0.05) is 12.1 Å². The van der Waals surface area contributed by atoms with Crippen molar-refractivity contribution in [3.63, 3.8) is 0 Å². The number of anilines is 2. The van der Waals surface area contributed by atoms with Crippen LogP contribution in [0, 0.1) is 0 Å². The Morgan fingerprint density at radius 1 is 1.18 bits per heavy atom. The molecule has 0 aliphatic heterocycles. The summed E-state index contributed by atoms with van der Waals surface area (Å²) in [5.41, 5.74) is 1.99. The van der Waals surface area contributed by atoms with Crippen LogP contribution >= 0.6 is 0 Å². The van der Waals surface area contributed by atoms with Crippen molar-refractivity contribution in [3.05, 3.63) is 48.2 Å². The number of hydrogen-bond donors (Lipinski definition) is 2. The Morgan fingerprint density at radius 3 is 2.79 bits per heavy atom. The van der Waals surface area contributed by atoms with Crippen LogP contribution in [0.1, 0.15) is 18.9 Å². The SMILES string of the molecule is CCNC(=NCc1cccnc1N(C)C)Nc1cccc(OCCCOC)c1. The van der Waals surface area contributed by atoms with Crippen LogP contribution in [0.15, 0.2) is 47.6 Å². The molecule has 0 aliphatic carbocycles. The second-order valence-corrected chi connectivity index (χ2v) is 6.42. The smallest absolute Gasteiger partial charge is 0.196 e. The Labute approximate surface area is 167 Å². The zero-order chi connectivity index (χ0) is 20.2. The van der Waals surface area contributed by atoms with E-state index in [1.54, 1.807) is 13.3 Å². The lowest BCUT2D eigenvalue weighted by Crippen LogP contribution is -2.30. The van der Waals surface area contributed by atoms with Crippen molar-refractivity contribution >= 4 is 17.5 Å². The Kier molecular flexibility index (Phi) is 9.07. The number of aromatic nitrogens is 1. The first kappa shape index (κ1) is 21.5. The van der Waals surface area contributed by atoms with Gasteiger partial charge < -0.3 is 25.0 Å². The van der Waals surface area contributed by atoms with Gasteiger partial charge >= 0.3 is 0 Å². The molecule has 0 saturated carbocycles. The van der Waals surface area contributed by atoms with Gasteiger partial charge in [-0.25, -0.2) is 9.98 Å². The first-order valence-electron chi connectivity index (χ1n) is 9.52. The molecule has 2 rings (SSSR count). The molecule has 0 fully saturated rings. The fourth-order valence-corrected chi connectivity index (χ4v) is 2.62. The second kappa shape index (κ2) is 11.8. The van der Waals surface area contributed by atoms with Gasteiger partial charge in [0, 0.05) is 64.3 Å². The van der Waals surface area contributed by atoms with Crippen molar-refractivity contribution in [2.24, 2.45) is 4.99 Å². The van der Waals surface area contributed by atoms with Crippen molar-refractivity contribution < 1.29 is 9.47 Å². The molecule has 2 aromatic rings. The number of hydrogen-bond acceptors (Lipinski definition) is 5. The van der Waals surface area contributed by atoms with Crippen LogP contribution in [0.25, 0.3) is 0 Å². The monoisotopic (exact) mass is 385 g/mol. The molecule has 0 spiro atoms. The molecule has 152 valence electrons. The summed E-state index contributed by atoms with van der Waals surface area (Å²) in [6.07, 6.45) is 2.65. The lowest BCUT2D eigenvalue weighted by Gasteiger charge is -2.16. The number of rotatable bonds is 10. The maximum absolute atomic E-state index is 5.77. The first-order valence-corrected chi connectivity index (χ1v) is 9.52. The quantitative estimate of drug-likeness (QED) is 0.372. The summed E-state index contributed by atoms with van der Waals surface area (Å²) in [4.78, 5) is 11.1. The molecule has 0 unspecified atom stereocenters. The van der Waals surface area contributed by atoms with Gasteiger partial charge in [-0.3, -0.25) is 0 Å². The molecule has 7 heteroatoms. The van der Waals surface area contributed by atoms with Crippen LogP contribution in [0.4, 0.5) is 11.5 Å². The molecule has 7 nitrogen and oxygen atoms in total. The van der Waals surface area contributed by atoms with Crippen LogP contribution in [0.3, 0.4) is 0 Å². The molecule has 1 aromatic carbocycles. The summed E-state index contributed by atoms with van der Waals surface area (Å²) in [5, 5.41) is 6.62. The Hall–Kier alpha value is -2.80. The standard InChI is InChI=1S/C21H31N5O2/c1-5-22-21(24-16-17-9-7-12-23-20(17)26(2)3)25-18-10-6-11-19(15-18)28-14-8-13-27-4/h6-7,9-12,15H,5,8,13-14,16H2,1-4H3,(H2,22,24,25). The van der Waals surface area contributed by atoms with Crippen LogP contribution < -0.4 is 20.3 Å². The highest BCUT2D eigenvalue weighted by Crippen LogP contribution is 2.18. The van der Waals surface area contributed by atoms with Gasteiger partial charge in [0.2, 0.25) is 0 Å². The van der Waals surface area contributed by atoms with E-state index in [1.165, 1.54) is 0 Å².